The Hall–Kier alpha value is -0.940. The lowest BCUT2D eigenvalue weighted by Gasteiger charge is -2.35. The zero-order valence-electron chi connectivity index (χ0n) is 12.4. The van der Waals surface area contributed by atoms with Crippen molar-refractivity contribution < 1.29 is 26.0 Å². The molecule has 1 aliphatic rings. The fraction of sp³-hybridized carbons (Fsp3) is 0.538. The standard InChI is InChI=1S/C13H16ClF4N3O2S/c14-9-1-2-11(10(15)7-9)24(22,23)20-8-12(13(16,17)18)21-5-3-19-4-6-21/h1-2,7,12,19-20H,3-6,8H2. The average Bonchev–Trinajstić information content (AvgIpc) is 2.46. The van der Waals surface area contributed by atoms with E-state index in [2.05, 4.69) is 5.32 Å². The highest BCUT2D eigenvalue weighted by Crippen LogP contribution is 2.25. The van der Waals surface area contributed by atoms with Crippen LogP contribution in [0.3, 0.4) is 0 Å². The van der Waals surface area contributed by atoms with Crippen molar-refractivity contribution >= 4 is 21.6 Å². The first-order valence-corrected chi connectivity index (χ1v) is 8.93. The van der Waals surface area contributed by atoms with Crippen molar-refractivity contribution in [2.75, 3.05) is 32.7 Å². The number of alkyl halides is 3. The molecule has 1 aromatic carbocycles. The zero-order chi connectivity index (χ0) is 18.0. The summed E-state index contributed by atoms with van der Waals surface area (Å²) < 4.78 is 79.4. The fourth-order valence-electron chi connectivity index (χ4n) is 2.41. The van der Waals surface area contributed by atoms with E-state index in [9.17, 15) is 26.0 Å². The number of nitrogens with zero attached hydrogens (tertiary/aromatic N) is 1. The minimum Gasteiger partial charge on any atom is -0.314 e. The second-order valence-electron chi connectivity index (χ2n) is 5.27. The van der Waals surface area contributed by atoms with E-state index in [0.717, 1.165) is 23.1 Å². The van der Waals surface area contributed by atoms with Gasteiger partial charge in [0.1, 0.15) is 16.8 Å². The van der Waals surface area contributed by atoms with Crippen LogP contribution in [-0.4, -0.2) is 58.3 Å². The normalized spacial score (nSPS) is 18.5. The minimum atomic E-state index is -4.61. The van der Waals surface area contributed by atoms with E-state index in [1.54, 1.807) is 0 Å². The Kier molecular flexibility index (Phi) is 6.08. The number of nitrogens with one attached hydrogen (secondary N) is 2. The number of hydrogen-bond acceptors (Lipinski definition) is 4. The maximum Gasteiger partial charge on any atom is 0.405 e. The lowest BCUT2D eigenvalue weighted by molar-refractivity contribution is -0.182. The summed E-state index contributed by atoms with van der Waals surface area (Å²) in [4.78, 5) is 0.408. The summed E-state index contributed by atoms with van der Waals surface area (Å²) in [6.07, 6.45) is -4.61. The first-order chi connectivity index (χ1) is 11.1. The van der Waals surface area contributed by atoms with Crippen molar-refractivity contribution in [3.05, 3.63) is 29.0 Å². The molecule has 0 amide bonds. The maximum atomic E-state index is 13.7. The largest absolute Gasteiger partial charge is 0.405 e. The third-order valence-electron chi connectivity index (χ3n) is 3.62. The van der Waals surface area contributed by atoms with Gasteiger partial charge in [-0.3, -0.25) is 4.90 Å². The van der Waals surface area contributed by atoms with E-state index in [-0.39, 0.29) is 18.1 Å². The van der Waals surface area contributed by atoms with Gasteiger partial charge >= 0.3 is 6.18 Å². The van der Waals surface area contributed by atoms with Crippen molar-refractivity contribution in [2.24, 2.45) is 0 Å². The van der Waals surface area contributed by atoms with Crippen LogP contribution >= 0.6 is 11.6 Å². The Morgan fingerprint density at radius 1 is 1.29 bits per heavy atom. The summed E-state index contributed by atoms with van der Waals surface area (Å²) in [5, 5.41) is 2.91. The van der Waals surface area contributed by atoms with E-state index in [0.29, 0.717) is 13.1 Å². The monoisotopic (exact) mass is 389 g/mol. The number of benzene rings is 1. The van der Waals surface area contributed by atoms with Gasteiger partial charge in [-0.2, -0.15) is 13.2 Å². The molecule has 0 radical (unpaired) electrons. The predicted molar refractivity (Wildman–Crippen MR) is 80.9 cm³/mol. The zero-order valence-corrected chi connectivity index (χ0v) is 14.0. The van der Waals surface area contributed by atoms with E-state index in [1.165, 1.54) is 0 Å². The first kappa shape index (κ1) is 19.4. The summed E-state index contributed by atoms with van der Waals surface area (Å²) >= 11 is 5.54. The topological polar surface area (TPSA) is 61.4 Å². The van der Waals surface area contributed by atoms with Crippen molar-refractivity contribution in [2.45, 2.75) is 17.1 Å². The van der Waals surface area contributed by atoms with E-state index < -0.39 is 39.5 Å². The van der Waals surface area contributed by atoms with Crippen LogP contribution in [0.5, 0.6) is 0 Å². The van der Waals surface area contributed by atoms with Crippen LogP contribution in [0.15, 0.2) is 23.1 Å². The molecular weight excluding hydrogens is 374 g/mol. The molecule has 1 aliphatic heterocycles. The molecule has 1 atom stereocenters. The highest BCUT2D eigenvalue weighted by molar-refractivity contribution is 7.89. The van der Waals surface area contributed by atoms with Gasteiger partial charge in [-0.25, -0.2) is 17.5 Å². The summed E-state index contributed by atoms with van der Waals surface area (Å²) in [7, 11) is -4.43. The Morgan fingerprint density at radius 3 is 2.46 bits per heavy atom. The molecule has 1 unspecified atom stereocenters. The van der Waals surface area contributed by atoms with Crippen molar-refractivity contribution in [3.63, 3.8) is 0 Å². The number of rotatable bonds is 5. The summed E-state index contributed by atoms with van der Waals surface area (Å²) in [5.74, 6) is -1.12. The third-order valence-corrected chi connectivity index (χ3v) is 5.31. The Labute approximate surface area is 142 Å². The molecule has 0 bridgehead atoms. The van der Waals surface area contributed by atoms with Crippen LogP contribution in [-0.2, 0) is 10.0 Å². The van der Waals surface area contributed by atoms with Gasteiger partial charge in [0, 0.05) is 37.7 Å². The van der Waals surface area contributed by atoms with Gasteiger partial charge in [-0.05, 0) is 18.2 Å². The smallest absolute Gasteiger partial charge is 0.314 e. The molecule has 5 nitrogen and oxygen atoms in total. The lowest BCUT2D eigenvalue weighted by atomic mass is 10.2. The van der Waals surface area contributed by atoms with Crippen molar-refractivity contribution in [3.8, 4) is 0 Å². The molecule has 1 fully saturated rings. The van der Waals surface area contributed by atoms with Gasteiger partial charge in [0.25, 0.3) is 0 Å². The number of halogens is 5. The highest BCUT2D eigenvalue weighted by Gasteiger charge is 2.44. The molecule has 0 spiro atoms. The van der Waals surface area contributed by atoms with Crippen LogP contribution in [0.4, 0.5) is 17.6 Å². The highest BCUT2D eigenvalue weighted by atomic mass is 35.5. The average molecular weight is 390 g/mol. The quantitative estimate of drug-likeness (QED) is 0.751. The molecule has 24 heavy (non-hydrogen) atoms. The minimum absolute atomic E-state index is 0.0135. The first-order valence-electron chi connectivity index (χ1n) is 7.07. The molecule has 11 heteroatoms. The van der Waals surface area contributed by atoms with Crippen molar-refractivity contribution in [1.29, 1.82) is 0 Å². The molecule has 0 aliphatic carbocycles. The van der Waals surface area contributed by atoms with Crippen LogP contribution in [0.25, 0.3) is 0 Å². The summed E-state index contributed by atoms with van der Waals surface area (Å²) in [6, 6.07) is 0.863. The van der Waals surface area contributed by atoms with Gasteiger partial charge in [0.2, 0.25) is 10.0 Å². The molecule has 1 heterocycles. The number of piperazine rings is 1. The van der Waals surface area contributed by atoms with Gasteiger partial charge < -0.3 is 5.32 Å². The Balaban J connectivity index is 2.15. The second kappa shape index (κ2) is 7.52. The molecule has 1 saturated heterocycles. The van der Waals surface area contributed by atoms with Crippen LogP contribution < -0.4 is 10.0 Å². The molecule has 2 N–H and O–H groups in total. The van der Waals surface area contributed by atoms with E-state index in [4.69, 9.17) is 11.6 Å². The van der Waals surface area contributed by atoms with E-state index >= 15 is 0 Å². The molecule has 2 rings (SSSR count). The summed E-state index contributed by atoms with van der Waals surface area (Å²) in [5.41, 5.74) is 0. The third kappa shape index (κ3) is 4.79. The van der Waals surface area contributed by atoms with Gasteiger partial charge in [-0.15, -0.1) is 0 Å². The van der Waals surface area contributed by atoms with Crippen LogP contribution in [0.1, 0.15) is 0 Å². The molecular formula is C13H16ClF4N3O2S. The number of hydrogen-bond donors (Lipinski definition) is 2. The fourth-order valence-corrected chi connectivity index (χ4v) is 3.66. The molecule has 0 saturated carbocycles. The SMILES string of the molecule is O=S(=O)(NCC(N1CCNCC1)C(F)(F)F)c1ccc(Cl)cc1F. The molecule has 1 aromatic rings. The molecule has 136 valence electrons. The second-order valence-corrected chi connectivity index (χ2v) is 7.44. The number of sulfonamides is 1. The molecule has 0 aromatic heterocycles. The van der Waals surface area contributed by atoms with E-state index in [1.807, 2.05) is 4.72 Å². The van der Waals surface area contributed by atoms with Gasteiger partial charge in [-0.1, -0.05) is 11.6 Å². The van der Waals surface area contributed by atoms with Gasteiger partial charge in [0.15, 0.2) is 0 Å². The van der Waals surface area contributed by atoms with Crippen molar-refractivity contribution in [1.82, 2.24) is 14.9 Å². The Bertz CT molecular complexity index is 678. The Morgan fingerprint density at radius 2 is 1.92 bits per heavy atom. The van der Waals surface area contributed by atoms with Crippen LogP contribution in [0, 0.1) is 5.82 Å². The lowest BCUT2D eigenvalue weighted by Crippen LogP contribution is -2.57. The maximum absolute atomic E-state index is 13.7. The van der Waals surface area contributed by atoms with Crippen LogP contribution in [0.2, 0.25) is 5.02 Å². The van der Waals surface area contributed by atoms with Gasteiger partial charge in [0.05, 0.1) is 0 Å². The predicted octanol–water partition coefficient (Wildman–Crippen LogP) is 1.59. The summed E-state index contributed by atoms with van der Waals surface area (Å²) in [6.45, 7) is 0.145.